The molecule has 1 aromatic carbocycles. The molecule has 104 valence electrons. The summed E-state index contributed by atoms with van der Waals surface area (Å²) in [6.45, 7) is 3.39. The number of aryl methyl sites for hydroxylation is 2. The molecule has 1 aromatic heterocycles. The lowest BCUT2D eigenvalue weighted by molar-refractivity contribution is 0.262. The molecule has 2 aromatic rings. The minimum Gasteiger partial charge on any atom is -0.308 e. The number of benzene rings is 1. The highest BCUT2D eigenvalue weighted by atomic mass is 35.5. The summed E-state index contributed by atoms with van der Waals surface area (Å²) in [6.07, 6.45) is 0. The average molecular weight is 294 g/mol. The highest BCUT2D eigenvalue weighted by molar-refractivity contribution is 6.29. The Hall–Kier alpha value is -2.14. The molecule has 0 saturated carbocycles. The van der Waals surface area contributed by atoms with Gasteiger partial charge in [-0.3, -0.25) is 0 Å². The molecular weight excluding hydrogens is 281 g/mol. The number of carbonyl (C=O) groups excluding carboxylic acids is 1. The summed E-state index contributed by atoms with van der Waals surface area (Å²) in [5.74, 6) is -0.452. The monoisotopic (exact) mass is 293 g/mol. The molecule has 6 heteroatoms. The maximum absolute atomic E-state index is 13.8. The van der Waals surface area contributed by atoms with Crippen molar-refractivity contribution in [3.63, 3.8) is 0 Å². The van der Waals surface area contributed by atoms with E-state index in [4.69, 9.17) is 11.6 Å². The van der Waals surface area contributed by atoms with Gasteiger partial charge in [0.15, 0.2) is 0 Å². The standard InChI is InChI=1S/C14H13ClFN3O/c1-8-4-3-5-11(13(8)16)19-14(20)18-10-6-9(2)17-12(15)7-10/h3-7H,1-2H3,(H2,17,18,19,20). The molecule has 1 heterocycles. The maximum Gasteiger partial charge on any atom is 0.323 e. The van der Waals surface area contributed by atoms with E-state index in [0.717, 1.165) is 0 Å². The van der Waals surface area contributed by atoms with E-state index in [1.807, 2.05) is 0 Å². The number of nitrogens with zero attached hydrogens (tertiary/aromatic N) is 1. The molecule has 2 N–H and O–H groups in total. The Morgan fingerprint density at radius 2 is 2.00 bits per heavy atom. The molecule has 0 atom stereocenters. The Morgan fingerprint density at radius 1 is 1.25 bits per heavy atom. The third-order valence-electron chi connectivity index (χ3n) is 2.62. The van der Waals surface area contributed by atoms with Crippen LogP contribution in [0.2, 0.25) is 5.15 Å². The van der Waals surface area contributed by atoms with Crippen LogP contribution >= 0.6 is 11.6 Å². The normalized spacial score (nSPS) is 10.2. The van der Waals surface area contributed by atoms with Gasteiger partial charge in [0.2, 0.25) is 0 Å². The van der Waals surface area contributed by atoms with E-state index in [9.17, 15) is 9.18 Å². The predicted octanol–water partition coefficient (Wildman–Crippen LogP) is 4.13. The molecule has 0 aliphatic rings. The Morgan fingerprint density at radius 3 is 2.70 bits per heavy atom. The van der Waals surface area contributed by atoms with E-state index in [1.165, 1.54) is 12.1 Å². The third-order valence-corrected chi connectivity index (χ3v) is 2.81. The molecule has 0 aliphatic heterocycles. The van der Waals surface area contributed by atoms with Gasteiger partial charge in [-0.15, -0.1) is 0 Å². The van der Waals surface area contributed by atoms with Crippen molar-refractivity contribution in [3.8, 4) is 0 Å². The van der Waals surface area contributed by atoms with Gasteiger partial charge in [0.1, 0.15) is 11.0 Å². The number of amides is 2. The average Bonchev–Trinajstić information content (AvgIpc) is 2.33. The van der Waals surface area contributed by atoms with Crippen molar-refractivity contribution in [2.24, 2.45) is 0 Å². The minimum absolute atomic E-state index is 0.124. The zero-order chi connectivity index (χ0) is 14.7. The second kappa shape index (κ2) is 5.88. The van der Waals surface area contributed by atoms with E-state index < -0.39 is 11.8 Å². The molecule has 0 aliphatic carbocycles. The smallest absolute Gasteiger partial charge is 0.308 e. The summed E-state index contributed by atoms with van der Waals surface area (Å²) < 4.78 is 13.8. The van der Waals surface area contributed by atoms with Gasteiger partial charge in [0.05, 0.1) is 5.69 Å². The predicted molar refractivity (Wildman–Crippen MR) is 77.8 cm³/mol. The van der Waals surface area contributed by atoms with Crippen LogP contribution in [0, 0.1) is 19.7 Å². The number of pyridine rings is 1. The van der Waals surface area contributed by atoms with Crippen molar-refractivity contribution in [2.75, 3.05) is 10.6 Å². The lowest BCUT2D eigenvalue weighted by atomic mass is 10.2. The van der Waals surface area contributed by atoms with E-state index in [0.29, 0.717) is 16.9 Å². The minimum atomic E-state index is -0.545. The van der Waals surface area contributed by atoms with E-state index >= 15 is 0 Å². The summed E-state index contributed by atoms with van der Waals surface area (Å²) in [7, 11) is 0. The first-order valence-corrected chi connectivity index (χ1v) is 6.31. The Bertz CT molecular complexity index is 641. The highest BCUT2D eigenvalue weighted by Crippen LogP contribution is 2.18. The number of nitrogens with one attached hydrogen (secondary N) is 2. The van der Waals surface area contributed by atoms with Crippen molar-refractivity contribution in [1.29, 1.82) is 0 Å². The van der Waals surface area contributed by atoms with Crippen LogP contribution in [0.4, 0.5) is 20.6 Å². The molecule has 20 heavy (non-hydrogen) atoms. The van der Waals surface area contributed by atoms with Crippen LogP contribution in [0.15, 0.2) is 30.3 Å². The van der Waals surface area contributed by atoms with Crippen molar-refractivity contribution in [1.82, 2.24) is 4.98 Å². The molecule has 2 amide bonds. The topological polar surface area (TPSA) is 54.0 Å². The largest absolute Gasteiger partial charge is 0.323 e. The fraction of sp³-hybridized carbons (Fsp3) is 0.143. The number of urea groups is 1. The second-order valence-corrected chi connectivity index (χ2v) is 4.72. The molecule has 0 unspecified atom stereocenters. The quantitative estimate of drug-likeness (QED) is 0.818. The van der Waals surface area contributed by atoms with Gasteiger partial charge in [-0.1, -0.05) is 23.7 Å². The number of aromatic nitrogens is 1. The van der Waals surface area contributed by atoms with Crippen LogP contribution in [0.25, 0.3) is 0 Å². The van der Waals surface area contributed by atoms with Crippen LogP contribution in [-0.2, 0) is 0 Å². The van der Waals surface area contributed by atoms with Gasteiger partial charge < -0.3 is 10.6 Å². The molecule has 0 bridgehead atoms. The van der Waals surface area contributed by atoms with Crippen LogP contribution in [0.1, 0.15) is 11.3 Å². The van der Waals surface area contributed by atoms with Crippen molar-refractivity contribution in [2.45, 2.75) is 13.8 Å². The van der Waals surface area contributed by atoms with Crippen LogP contribution in [-0.4, -0.2) is 11.0 Å². The number of carbonyl (C=O) groups is 1. The van der Waals surface area contributed by atoms with E-state index in [-0.39, 0.29) is 10.8 Å². The van der Waals surface area contributed by atoms with Crippen molar-refractivity contribution in [3.05, 3.63) is 52.6 Å². The fourth-order valence-corrected chi connectivity index (χ4v) is 1.98. The summed E-state index contributed by atoms with van der Waals surface area (Å²) in [4.78, 5) is 15.8. The van der Waals surface area contributed by atoms with E-state index in [2.05, 4.69) is 15.6 Å². The Labute approximate surface area is 121 Å². The van der Waals surface area contributed by atoms with Gasteiger partial charge in [-0.2, -0.15) is 0 Å². The molecule has 2 rings (SSSR count). The van der Waals surface area contributed by atoms with Crippen LogP contribution in [0.5, 0.6) is 0 Å². The number of hydrogen-bond acceptors (Lipinski definition) is 2. The first-order chi connectivity index (χ1) is 9.45. The van der Waals surface area contributed by atoms with Gasteiger partial charge >= 0.3 is 6.03 Å². The highest BCUT2D eigenvalue weighted by Gasteiger charge is 2.09. The number of hydrogen-bond donors (Lipinski definition) is 2. The van der Waals surface area contributed by atoms with Gasteiger partial charge in [-0.25, -0.2) is 14.2 Å². The van der Waals surface area contributed by atoms with Gasteiger partial charge in [-0.05, 0) is 37.6 Å². The molecular formula is C14H13ClFN3O. The second-order valence-electron chi connectivity index (χ2n) is 4.34. The molecule has 0 fully saturated rings. The molecule has 0 radical (unpaired) electrons. The summed E-state index contributed by atoms with van der Waals surface area (Å²) in [5, 5.41) is 5.31. The number of rotatable bonds is 2. The van der Waals surface area contributed by atoms with Gasteiger partial charge in [0, 0.05) is 11.4 Å². The SMILES string of the molecule is Cc1cc(NC(=O)Nc2cccc(C)c2F)cc(Cl)n1. The van der Waals surface area contributed by atoms with Gasteiger partial charge in [0.25, 0.3) is 0 Å². The molecule has 0 saturated heterocycles. The lowest BCUT2D eigenvalue weighted by Crippen LogP contribution is -2.20. The number of anilines is 2. The first kappa shape index (κ1) is 14.3. The zero-order valence-electron chi connectivity index (χ0n) is 11.0. The summed E-state index contributed by atoms with van der Waals surface area (Å²) in [6, 6.07) is 7.42. The zero-order valence-corrected chi connectivity index (χ0v) is 11.8. The third kappa shape index (κ3) is 3.45. The van der Waals surface area contributed by atoms with Crippen molar-refractivity contribution >= 4 is 29.0 Å². The summed E-state index contributed by atoms with van der Waals surface area (Å²) >= 11 is 5.80. The molecule has 0 spiro atoms. The lowest BCUT2D eigenvalue weighted by Gasteiger charge is -2.10. The summed E-state index contributed by atoms with van der Waals surface area (Å²) in [5.41, 5.74) is 1.76. The van der Waals surface area contributed by atoms with Crippen LogP contribution in [0.3, 0.4) is 0 Å². The van der Waals surface area contributed by atoms with Crippen LogP contribution < -0.4 is 10.6 Å². The number of halogens is 2. The molecule has 4 nitrogen and oxygen atoms in total. The van der Waals surface area contributed by atoms with Crippen molar-refractivity contribution < 1.29 is 9.18 Å². The Kier molecular flexibility index (Phi) is 4.20. The maximum atomic E-state index is 13.8. The Balaban J connectivity index is 2.11. The van der Waals surface area contributed by atoms with E-state index in [1.54, 1.807) is 32.0 Å². The fourth-order valence-electron chi connectivity index (χ4n) is 1.73. The first-order valence-electron chi connectivity index (χ1n) is 5.93.